The van der Waals surface area contributed by atoms with Crippen molar-refractivity contribution in [2.75, 3.05) is 3.22 Å². The van der Waals surface area contributed by atoms with Gasteiger partial charge in [0.25, 0.3) is 0 Å². The Kier molecular flexibility index (Phi) is 3.17. The van der Waals surface area contributed by atoms with Gasteiger partial charge in [-0.15, -0.1) is 0 Å². The van der Waals surface area contributed by atoms with E-state index in [1.54, 1.807) is 0 Å². The molecule has 4 heteroatoms. The van der Waals surface area contributed by atoms with Crippen LogP contribution in [0.1, 0.15) is 0 Å². The molecule has 3 nitrogen and oxygen atoms in total. The van der Waals surface area contributed by atoms with Crippen LogP contribution in [0.3, 0.4) is 0 Å². The summed E-state index contributed by atoms with van der Waals surface area (Å²) in [7, 11) is 0. The smallest absolute Gasteiger partial charge is 0.151 e. The number of nitrogens with zero attached hydrogens (tertiary/aromatic N) is 2. The minimum atomic E-state index is 0.746. The summed E-state index contributed by atoms with van der Waals surface area (Å²) in [4.78, 5) is 4.25. The van der Waals surface area contributed by atoms with Gasteiger partial charge in [-0.3, -0.25) is 0 Å². The molecule has 0 radical (unpaired) electrons. The predicted octanol–water partition coefficient (Wildman–Crippen LogP) is 2.78. The third kappa shape index (κ3) is 2.45. The van der Waals surface area contributed by atoms with Crippen molar-refractivity contribution in [3.8, 4) is 11.1 Å². The standard InChI is InChI=1S/C11H10IN3/c12-15(13)11-7-6-10(8-14-11)9-4-2-1-3-5-9/h1-8H,13H2. The van der Waals surface area contributed by atoms with E-state index in [2.05, 4.69) is 17.1 Å². The lowest BCUT2D eigenvalue weighted by atomic mass is 10.1. The Morgan fingerprint density at radius 3 is 2.27 bits per heavy atom. The fraction of sp³-hybridized carbons (Fsp3) is 0. The number of hydrazine groups is 1. The van der Waals surface area contributed by atoms with Gasteiger partial charge in [0, 0.05) is 11.8 Å². The van der Waals surface area contributed by atoms with Crippen LogP contribution in [-0.4, -0.2) is 4.98 Å². The van der Waals surface area contributed by atoms with E-state index in [0.29, 0.717) is 0 Å². The molecule has 0 aliphatic rings. The van der Waals surface area contributed by atoms with E-state index in [1.807, 2.05) is 59.4 Å². The van der Waals surface area contributed by atoms with Crippen molar-refractivity contribution in [1.29, 1.82) is 0 Å². The van der Waals surface area contributed by atoms with Crippen molar-refractivity contribution < 1.29 is 0 Å². The number of nitrogens with two attached hydrogens (primary N) is 1. The average Bonchev–Trinajstić information content (AvgIpc) is 2.30. The van der Waals surface area contributed by atoms with E-state index >= 15 is 0 Å². The van der Waals surface area contributed by atoms with Crippen LogP contribution in [-0.2, 0) is 0 Å². The van der Waals surface area contributed by atoms with Crippen LogP contribution < -0.4 is 9.06 Å². The first-order valence-corrected chi connectivity index (χ1v) is 5.46. The number of halogens is 1. The fourth-order valence-electron chi connectivity index (χ4n) is 1.31. The highest BCUT2D eigenvalue weighted by molar-refractivity contribution is 14.1. The summed E-state index contributed by atoms with van der Waals surface area (Å²) in [5.41, 5.74) is 2.26. The highest BCUT2D eigenvalue weighted by Crippen LogP contribution is 2.20. The number of hydrogen-bond donors (Lipinski definition) is 1. The Balaban J connectivity index is 2.32. The maximum absolute atomic E-state index is 5.56. The number of hydrogen-bond acceptors (Lipinski definition) is 3. The summed E-state index contributed by atoms with van der Waals surface area (Å²) in [5.74, 6) is 6.31. The molecule has 76 valence electrons. The lowest BCUT2D eigenvalue weighted by molar-refractivity contribution is 1.16. The molecule has 0 amide bonds. The average molecular weight is 311 g/mol. The van der Waals surface area contributed by atoms with Crippen molar-refractivity contribution in [3.05, 3.63) is 48.7 Å². The number of benzene rings is 1. The molecule has 0 aliphatic carbocycles. The van der Waals surface area contributed by atoms with E-state index in [1.165, 1.54) is 3.22 Å². The monoisotopic (exact) mass is 311 g/mol. The molecule has 0 bridgehead atoms. The molecule has 1 aromatic heterocycles. The minimum Gasteiger partial charge on any atom is -0.237 e. The second-order valence-corrected chi connectivity index (χ2v) is 4.12. The third-order valence-electron chi connectivity index (χ3n) is 2.07. The van der Waals surface area contributed by atoms with Crippen LogP contribution in [0, 0.1) is 0 Å². The van der Waals surface area contributed by atoms with E-state index in [0.717, 1.165) is 16.9 Å². The van der Waals surface area contributed by atoms with Crippen molar-refractivity contribution in [2.24, 2.45) is 5.84 Å². The minimum absolute atomic E-state index is 0.746. The first-order chi connectivity index (χ1) is 7.27. The van der Waals surface area contributed by atoms with E-state index in [-0.39, 0.29) is 0 Å². The summed E-state index contributed by atoms with van der Waals surface area (Å²) in [6, 6.07) is 14.0. The molecule has 1 aromatic carbocycles. The van der Waals surface area contributed by atoms with Crippen LogP contribution in [0.5, 0.6) is 0 Å². The van der Waals surface area contributed by atoms with Crippen molar-refractivity contribution >= 4 is 28.7 Å². The number of pyridine rings is 1. The van der Waals surface area contributed by atoms with E-state index < -0.39 is 0 Å². The molecule has 0 unspecified atom stereocenters. The Morgan fingerprint density at radius 1 is 1.00 bits per heavy atom. The zero-order valence-electron chi connectivity index (χ0n) is 7.97. The van der Waals surface area contributed by atoms with Gasteiger partial charge in [0.15, 0.2) is 5.82 Å². The van der Waals surface area contributed by atoms with Crippen LogP contribution >= 0.6 is 22.9 Å². The van der Waals surface area contributed by atoms with Crippen molar-refractivity contribution in [2.45, 2.75) is 0 Å². The molecule has 1 heterocycles. The fourth-order valence-corrected chi connectivity index (χ4v) is 1.60. The molecular weight excluding hydrogens is 301 g/mol. The summed E-state index contributed by atoms with van der Waals surface area (Å²) >= 11 is 1.98. The summed E-state index contributed by atoms with van der Waals surface area (Å²) in [6.45, 7) is 0. The molecule has 0 saturated carbocycles. The number of rotatable bonds is 2. The maximum atomic E-state index is 5.56. The van der Waals surface area contributed by atoms with Crippen molar-refractivity contribution in [1.82, 2.24) is 4.98 Å². The van der Waals surface area contributed by atoms with Crippen LogP contribution in [0.15, 0.2) is 48.7 Å². The van der Waals surface area contributed by atoms with Crippen molar-refractivity contribution in [3.63, 3.8) is 0 Å². The number of anilines is 1. The summed E-state index contributed by atoms with van der Waals surface area (Å²) in [6.07, 6.45) is 1.82. The number of aromatic nitrogens is 1. The maximum Gasteiger partial charge on any atom is 0.151 e. The second kappa shape index (κ2) is 4.59. The molecule has 0 atom stereocenters. The van der Waals surface area contributed by atoms with E-state index in [9.17, 15) is 0 Å². The van der Waals surface area contributed by atoms with Gasteiger partial charge in [0.1, 0.15) is 0 Å². The lowest BCUT2D eigenvalue weighted by Crippen LogP contribution is -2.18. The first-order valence-electron chi connectivity index (χ1n) is 4.49. The van der Waals surface area contributed by atoms with Gasteiger partial charge < -0.3 is 0 Å². The van der Waals surface area contributed by atoms with Gasteiger partial charge in [-0.2, -0.15) is 0 Å². The van der Waals surface area contributed by atoms with E-state index in [4.69, 9.17) is 5.84 Å². The molecule has 15 heavy (non-hydrogen) atoms. The topological polar surface area (TPSA) is 42.1 Å². The Hall–Kier alpha value is -1.14. The molecule has 0 fully saturated rings. The zero-order valence-corrected chi connectivity index (χ0v) is 10.1. The van der Waals surface area contributed by atoms with Gasteiger partial charge in [0.05, 0.1) is 22.9 Å². The highest BCUT2D eigenvalue weighted by Gasteiger charge is 2.00. The Bertz CT molecular complexity index is 425. The Morgan fingerprint density at radius 2 is 1.73 bits per heavy atom. The Labute approximate surface area is 102 Å². The lowest BCUT2D eigenvalue weighted by Gasteiger charge is -2.08. The van der Waals surface area contributed by atoms with Crippen LogP contribution in [0.2, 0.25) is 0 Å². The molecule has 0 aliphatic heterocycles. The summed E-state index contributed by atoms with van der Waals surface area (Å²) in [5, 5.41) is 0. The molecule has 2 N–H and O–H groups in total. The molecule has 2 rings (SSSR count). The second-order valence-electron chi connectivity index (χ2n) is 3.08. The van der Waals surface area contributed by atoms with Gasteiger partial charge in [-0.1, -0.05) is 30.3 Å². The zero-order chi connectivity index (χ0) is 10.7. The predicted molar refractivity (Wildman–Crippen MR) is 70.4 cm³/mol. The molecular formula is C11H10IN3. The third-order valence-corrected chi connectivity index (χ3v) is 2.57. The van der Waals surface area contributed by atoms with Crippen LogP contribution in [0.4, 0.5) is 5.82 Å². The van der Waals surface area contributed by atoms with Gasteiger partial charge >= 0.3 is 0 Å². The quantitative estimate of drug-likeness (QED) is 0.401. The van der Waals surface area contributed by atoms with Gasteiger partial charge in [-0.25, -0.2) is 14.0 Å². The normalized spacial score (nSPS) is 10.0. The molecule has 0 spiro atoms. The summed E-state index contributed by atoms with van der Waals surface area (Å²) < 4.78 is 1.46. The first kappa shape index (κ1) is 10.4. The molecule has 0 saturated heterocycles. The van der Waals surface area contributed by atoms with Crippen LogP contribution in [0.25, 0.3) is 11.1 Å². The SMILES string of the molecule is NN(I)c1ccc(-c2ccccc2)cn1. The largest absolute Gasteiger partial charge is 0.237 e. The van der Waals surface area contributed by atoms with Gasteiger partial charge in [-0.05, 0) is 17.7 Å². The highest BCUT2D eigenvalue weighted by atomic mass is 127. The van der Waals surface area contributed by atoms with Gasteiger partial charge in [0.2, 0.25) is 0 Å². The molecule has 2 aromatic rings.